The summed E-state index contributed by atoms with van der Waals surface area (Å²) in [5.74, 6) is -0.250. The molecule has 15 heavy (non-hydrogen) atoms. The fraction of sp³-hybridized carbons (Fsp3) is 0.364. The standard InChI is InChI=1S/C11H12BrFN2/c1-11(2,3)15-10-5-7(13)4-9(12)8(10)6-14-15/h4-6H,1-3H3. The van der Waals surface area contributed by atoms with Gasteiger partial charge in [0.1, 0.15) is 5.82 Å². The van der Waals surface area contributed by atoms with E-state index in [1.165, 1.54) is 12.1 Å². The van der Waals surface area contributed by atoms with Gasteiger partial charge in [-0.15, -0.1) is 0 Å². The molecule has 4 heteroatoms. The fourth-order valence-electron chi connectivity index (χ4n) is 1.59. The molecule has 80 valence electrons. The molecule has 1 aromatic heterocycles. The van der Waals surface area contributed by atoms with Gasteiger partial charge in [-0.1, -0.05) is 0 Å². The van der Waals surface area contributed by atoms with E-state index in [4.69, 9.17) is 0 Å². The molecule has 1 aromatic carbocycles. The van der Waals surface area contributed by atoms with Crippen molar-refractivity contribution in [3.63, 3.8) is 0 Å². The lowest BCUT2D eigenvalue weighted by atomic mass is 10.1. The van der Waals surface area contributed by atoms with Crippen LogP contribution in [0.4, 0.5) is 4.39 Å². The summed E-state index contributed by atoms with van der Waals surface area (Å²) in [7, 11) is 0. The van der Waals surface area contributed by atoms with Gasteiger partial charge in [0.25, 0.3) is 0 Å². The van der Waals surface area contributed by atoms with E-state index in [1.54, 1.807) is 6.20 Å². The quantitative estimate of drug-likeness (QED) is 0.714. The minimum atomic E-state index is -0.250. The number of rotatable bonds is 0. The molecule has 0 amide bonds. The van der Waals surface area contributed by atoms with Crippen molar-refractivity contribution in [2.75, 3.05) is 0 Å². The van der Waals surface area contributed by atoms with Crippen LogP contribution in [0.25, 0.3) is 10.9 Å². The van der Waals surface area contributed by atoms with Gasteiger partial charge < -0.3 is 0 Å². The van der Waals surface area contributed by atoms with Crippen molar-refractivity contribution in [1.82, 2.24) is 9.78 Å². The highest BCUT2D eigenvalue weighted by Gasteiger charge is 2.18. The average Bonchev–Trinajstić information content (AvgIpc) is 2.45. The smallest absolute Gasteiger partial charge is 0.126 e. The summed E-state index contributed by atoms with van der Waals surface area (Å²) in [6.45, 7) is 6.12. The molecular weight excluding hydrogens is 259 g/mol. The van der Waals surface area contributed by atoms with E-state index < -0.39 is 0 Å². The maximum absolute atomic E-state index is 13.3. The average molecular weight is 271 g/mol. The fourth-order valence-corrected chi connectivity index (χ4v) is 2.11. The van der Waals surface area contributed by atoms with Crippen LogP contribution in [0.15, 0.2) is 22.8 Å². The SMILES string of the molecule is CC(C)(C)n1ncc2c(Br)cc(F)cc21. The molecule has 0 radical (unpaired) electrons. The second kappa shape index (κ2) is 3.30. The topological polar surface area (TPSA) is 17.8 Å². The van der Waals surface area contributed by atoms with E-state index >= 15 is 0 Å². The van der Waals surface area contributed by atoms with Crippen molar-refractivity contribution >= 4 is 26.8 Å². The Morgan fingerprint density at radius 2 is 2.00 bits per heavy atom. The molecule has 0 unspecified atom stereocenters. The van der Waals surface area contributed by atoms with Crippen LogP contribution >= 0.6 is 15.9 Å². The van der Waals surface area contributed by atoms with Crippen LogP contribution in [-0.2, 0) is 5.54 Å². The molecule has 0 fully saturated rings. The minimum Gasteiger partial charge on any atom is -0.259 e. The molecule has 0 aliphatic heterocycles. The Balaban J connectivity index is 2.80. The van der Waals surface area contributed by atoms with E-state index in [1.807, 2.05) is 25.5 Å². The molecule has 0 spiro atoms. The number of halogens is 2. The highest BCUT2D eigenvalue weighted by Crippen LogP contribution is 2.28. The number of hydrogen-bond acceptors (Lipinski definition) is 1. The summed E-state index contributed by atoms with van der Waals surface area (Å²) < 4.78 is 15.8. The summed E-state index contributed by atoms with van der Waals surface area (Å²) in [5.41, 5.74) is 0.670. The molecule has 2 nitrogen and oxygen atoms in total. The molecule has 0 bridgehead atoms. The van der Waals surface area contributed by atoms with Gasteiger partial charge >= 0.3 is 0 Å². The third kappa shape index (κ3) is 1.78. The number of fused-ring (bicyclic) bond motifs is 1. The normalized spacial score (nSPS) is 12.3. The first kappa shape index (κ1) is 10.6. The summed E-state index contributed by atoms with van der Waals surface area (Å²) in [6.07, 6.45) is 1.75. The molecular formula is C11H12BrFN2. The third-order valence-corrected chi connectivity index (χ3v) is 2.89. The lowest BCUT2D eigenvalue weighted by molar-refractivity contribution is 0.368. The summed E-state index contributed by atoms with van der Waals surface area (Å²) >= 11 is 3.33. The first-order valence-electron chi connectivity index (χ1n) is 4.73. The predicted molar refractivity (Wildman–Crippen MR) is 62.4 cm³/mol. The van der Waals surface area contributed by atoms with Gasteiger partial charge in [0.2, 0.25) is 0 Å². The van der Waals surface area contributed by atoms with E-state index in [2.05, 4.69) is 21.0 Å². The Labute approximate surface area is 96.2 Å². The lowest BCUT2D eigenvalue weighted by Crippen LogP contribution is -2.22. The zero-order chi connectivity index (χ0) is 11.2. The van der Waals surface area contributed by atoms with Gasteiger partial charge in [-0.2, -0.15) is 5.10 Å². The Kier molecular flexibility index (Phi) is 2.34. The number of hydrogen-bond donors (Lipinski definition) is 0. The minimum absolute atomic E-state index is 0.144. The summed E-state index contributed by atoms with van der Waals surface area (Å²) in [4.78, 5) is 0. The van der Waals surface area contributed by atoms with Gasteiger partial charge in [0, 0.05) is 9.86 Å². The highest BCUT2D eigenvalue weighted by molar-refractivity contribution is 9.10. The maximum Gasteiger partial charge on any atom is 0.126 e. The van der Waals surface area contributed by atoms with Crippen LogP contribution in [0, 0.1) is 5.82 Å². The second-order valence-electron chi connectivity index (χ2n) is 4.55. The van der Waals surface area contributed by atoms with Gasteiger partial charge in [-0.05, 0) is 48.8 Å². The molecule has 0 saturated heterocycles. The predicted octanol–water partition coefficient (Wildman–Crippen LogP) is 3.69. The first-order chi connectivity index (χ1) is 6.89. The lowest BCUT2D eigenvalue weighted by Gasteiger charge is -2.20. The molecule has 0 aliphatic rings. The third-order valence-electron chi connectivity index (χ3n) is 2.24. The van der Waals surface area contributed by atoms with Gasteiger partial charge in [0.05, 0.1) is 17.3 Å². The van der Waals surface area contributed by atoms with Crippen LogP contribution in [0.5, 0.6) is 0 Å². The number of nitrogens with zero attached hydrogens (tertiary/aromatic N) is 2. The zero-order valence-corrected chi connectivity index (χ0v) is 10.5. The van der Waals surface area contributed by atoms with Crippen molar-refractivity contribution in [2.45, 2.75) is 26.3 Å². The van der Waals surface area contributed by atoms with E-state index in [-0.39, 0.29) is 11.4 Å². The summed E-state index contributed by atoms with van der Waals surface area (Å²) in [5, 5.41) is 5.22. The molecule has 0 saturated carbocycles. The Morgan fingerprint density at radius 3 is 2.60 bits per heavy atom. The van der Waals surface area contributed by atoms with Crippen LogP contribution in [0.1, 0.15) is 20.8 Å². The second-order valence-corrected chi connectivity index (χ2v) is 5.40. The summed E-state index contributed by atoms with van der Waals surface area (Å²) in [6, 6.07) is 2.97. The maximum atomic E-state index is 13.3. The molecule has 2 aromatic rings. The van der Waals surface area contributed by atoms with Gasteiger partial charge in [-0.25, -0.2) is 4.39 Å². The molecule has 0 atom stereocenters. The van der Waals surface area contributed by atoms with Crippen molar-refractivity contribution in [3.8, 4) is 0 Å². The van der Waals surface area contributed by atoms with Crippen molar-refractivity contribution < 1.29 is 4.39 Å². The Morgan fingerprint density at radius 1 is 1.33 bits per heavy atom. The van der Waals surface area contributed by atoms with Gasteiger partial charge in [0.15, 0.2) is 0 Å². The van der Waals surface area contributed by atoms with Crippen LogP contribution < -0.4 is 0 Å². The van der Waals surface area contributed by atoms with Crippen LogP contribution in [0.2, 0.25) is 0 Å². The number of aromatic nitrogens is 2. The molecule has 0 aliphatic carbocycles. The first-order valence-corrected chi connectivity index (χ1v) is 5.52. The van der Waals surface area contributed by atoms with Crippen molar-refractivity contribution in [2.24, 2.45) is 0 Å². The highest BCUT2D eigenvalue weighted by atomic mass is 79.9. The van der Waals surface area contributed by atoms with E-state index in [0.717, 1.165) is 15.4 Å². The van der Waals surface area contributed by atoms with E-state index in [9.17, 15) is 4.39 Å². The van der Waals surface area contributed by atoms with E-state index in [0.29, 0.717) is 0 Å². The monoisotopic (exact) mass is 270 g/mol. The molecule has 2 rings (SSSR count). The molecule has 1 heterocycles. The van der Waals surface area contributed by atoms with Crippen molar-refractivity contribution in [3.05, 3.63) is 28.6 Å². The van der Waals surface area contributed by atoms with Crippen molar-refractivity contribution in [1.29, 1.82) is 0 Å². The van der Waals surface area contributed by atoms with Gasteiger partial charge in [-0.3, -0.25) is 4.68 Å². The molecule has 0 N–H and O–H groups in total. The largest absolute Gasteiger partial charge is 0.259 e. The van der Waals surface area contributed by atoms with Crippen LogP contribution in [0.3, 0.4) is 0 Å². The zero-order valence-electron chi connectivity index (χ0n) is 8.88. The Hall–Kier alpha value is -0.900. The Bertz CT molecular complexity index is 511. The number of benzene rings is 1. The van der Waals surface area contributed by atoms with Crippen LogP contribution in [-0.4, -0.2) is 9.78 Å².